The first-order chi connectivity index (χ1) is 12.0. The summed E-state index contributed by atoms with van der Waals surface area (Å²) < 4.78 is 27.5. The molecule has 10 heteroatoms. The molecule has 0 atom stereocenters. The number of hydrogen-bond acceptors (Lipinski definition) is 7. The van der Waals surface area contributed by atoms with E-state index in [4.69, 9.17) is 0 Å². The molecule has 25 heavy (non-hydrogen) atoms. The fourth-order valence-corrected chi connectivity index (χ4v) is 5.23. The average Bonchev–Trinajstić information content (AvgIpc) is 3.10. The first-order valence-electron chi connectivity index (χ1n) is 7.80. The maximum absolute atomic E-state index is 12.6. The van der Waals surface area contributed by atoms with E-state index in [9.17, 15) is 13.2 Å². The Labute approximate surface area is 154 Å². The lowest BCUT2D eigenvalue weighted by Gasteiger charge is -2.25. The van der Waals surface area contributed by atoms with E-state index in [0.717, 1.165) is 23.6 Å². The van der Waals surface area contributed by atoms with Gasteiger partial charge in [-0.15, -0.1) is 10.2 Å². The molecule has 0 saturated carbocycles. The number of thioether (sulfide) groups is 1. The van der Waals surface area contributed by atoms with Gasteiger partial charge in [0.25, 0.3) is 5.91 Å². The monoisotopic (exact) mass is 398 g/mol. The smallest absolute Gasteiger partial charge is 0.257 e. The van der Waals surface area contributed by atoms with Crippen LogP contribution in [0.1, 0.15) is 29.6 Å². The fourth-order valence-electron chi connectivity index (χ4n) is 2.54. The number of aromatic nitrogens is 2. The molecule has 134 valence electrons. The lowest BCUT2D eigenvalue weighted by molar-refractivity contribution is 0.102. The minimum atomic E-state index is -3.48. The largest absolute Gasteiger partial charge is 0.296 e. The summed E-state index contributed by atoms with van der Waals surface area (Å²) in [6.07, 6.45) is 4.72. The third-order valence-corrected chi connectivity index (χ3v) is 7.60. The maximum Gasteiger partial charge on any atom is 0.257 e. The van der Waals surface area contributed by atoms with Crippen molar-refractivity contribution in [1.29, 1.82) is 0 Å². The molecule has 0 aliphatic carbocycles. The Hall–Kier alpha value is -1.49. The normalized spacial score (nSPS) is 15.9. The average molecular weight is 399 g/mol. The summed E-state index contributed by atoms with van der Waals surface area (Å²) in [6, 6.07) is 5.99. The van der Waals surface area contributed by atoms with E-state index in [2.05, 4.69) is 15.5 Å². The Balaban J connectivity index is 1.71. The molecule has 7 nitrogen and oxygen atoms in total. The van der Waals surface area contributed by atoms with Crippen LogP contribution in [0.3, 0.4) is 0 Å². The number of nitrogens with zero attached hydrogens (tertiary/aromatic N) is 3. The van der Waals surface area contributed by atoms with Crippen molar-refractivity contribution in [2.45, 2.75) is 28.5 Å². The van der Waals surface area contributed by atoms with Gasteiger partial charge in [-0.05, 0) is 43.4 Å². The van der Waals surface area contributed by atoms with E-state index in [-0.39, 0.29) is 10.8 Å². The predicted octanol–water partition coefficient (Wildman–Crippen LogP) is 2.69. The van der Waals surface area contributed by atoms with Crippen LogP contribution in [0.4, 0.5) is 5.13 Å². The number of anilines is 1. The Bertz CT molecular complexity index is 843. The second kappa shape index (κ2) is 7.81. The minimum absolute atomic E-state index is 0.214. The van der Waals surface area contributed by atoms with Gasteiger partial charge >= 0.3 is 0 Å². The number of sulfonamides is 1. The third-order valence-electron chi connectivity index (χ3n) is 3.87. The Morgan fingerprint density at radius 3 is 2.44 bits per heavy atom. The number of hydrogen-bond donors (Lipinski definition) is 1. The molecular formula is C15H18N4O3S3. The molecule has 1 aliphatic rings. The number of carbonyl (C=O) groups is 1. The van der Waals surface area contributed by atoms with Gasteiger partial charge in [0, 0.05) is 18.7 Å². The van der Waals surface area contributed by atoms with Crippen LogP contribution in [-0.2, 0) is 10.0 Å². The van der Waals surface area contributed by atoms with Gasteiger partial charge in [0.05, 0.1) is 4.90 Å². The molecule has 2 aromatic rings. The van der Waals surface area contributed by atoms with Crippen LogP contribution in [0.2, 0.25) is 0 Å². The zero-order chi connectivity index (χ0) is 17.9. The molecule has 1 N–H and O–H groups in total. The molecule has 2 heterocycles. The lowest BCUT2D eigenvalue weighted by Crippen LogP contribution is -2.35. The van der Waals surface area contributed by atoms with Crippen LogP contribution in [-0.4, -0.2) is 48.2 Å². The molecule has 1 aromatic heterocycles. The Morgan fingerprint density at radius 1 is 1.16 bits per heavy atom. The highest BCUT2D eigenvalue weighted by molar-refractivity contribution is 8.00. The van der Waals surface area contributed by atoms with Gasteiger partial charge in [-0.25, -0.2) is 8.42 Å². The summed E-state index contributed by atoms with van der Waals surface area (Å²) in [7, 11) is -3.48. The highest BCUT2D eigenvalue weighted by Crippen LogP contribution is 2.24. The van der Waals surface area contributed by atoms with E-state index in [1.54, 1.807) is 0 Å². The minimum Gasteiger partial charge on any atom is -0.296 e. The second-order valence-corrected chi connectivity index (χ2v) is 9.49. The van der Waals surface area contributed by atoms with Crippen molar-refractivity contribution in [3.05, 3.63) is 29.8 Å². The van der Waals surface area contributed by atoms with Crippen LogP contribution in [0.25, 0.3) is 0 Å². The second-order valence-electron chi connectivity index (χ2n) is 5.52. The van der Waals surface area contributed by atoms with Gasteiger partial charge in [0.2, 0.25) is 15.2 Å². The van der Waals surface area contributed by atoms with Crippen LogP contribution >= 0.6 is 23.1 Å². The molecule has 0 spiro atoms. The number of benzene rings is 1. The van der Waals surface area contributed by atoms with Crippen LogP contribution < -0.4 is 5.32 Å². The number of piperidine rings is 1. The molecule has 0 bridgehead atoms. The quantitative estimate of drug-likeness (QED) is 0.615. The summed E-state index contributed by atoms with van der Waals surface area (Å²) in [5, 5.41) is 10.9. The van der Waals surface area contributed by atoms with Crippen molar-refractivity contribution in [2.75, 3.05) is 24.7 Å². The van der Waals surface area contributed by atoms with E-state index in [1.807, 2.05) is 6.26 Å². The van der Waals surface area contributed by atoms with Crippen molar-refractivity contribution in [3.63, 3.8) is 0 Å². The Kier molecular flexibility index (Phi) is 5.72. The fraction of sp³-hybridized carbons (Fsp3) is 0.400. The van der Waals surface area contributed by atoms with Crippen LogP contribution in [0.15, 0.2) is 33.5 Å². The highest BCUT2D eigenvalue weighted by atomic mass is 32.2. The predicted molar refractivity (Wildman–Crippen MR) is 98.7 cm³/mol. The topological polar surface area (TPSA) is 92.3 Å². The summed E-state index contributed by atoms with van der Waals surface area (Å²) >= 11 is 2.74. The van der Waals surface area contributed by atoms with Crippen molar-refractivity contribution >= 4 is 44.2 Å². The summed E-state index contributed by atoms with van der Waals surface area (Å²) in [5.74, 6) is -0.342. The molecule has 1 fully saturated rings. The summed E-state index contributed by atoms with van der Waals surface area (Å²) in [4.78, 5) is 12.4. The van der Waals surface area contributed by atoms with Gasteiger partial charge in [0.15, 0.2) is 4.34 Å². The molecule has 1 aliphatic heterocycles. The van der Waals surface area contributed by atoms with Crippen molar-refractivity contribution in [3.8, 4) is 0 Å². The molecular weight excluding hydrogens is 380 g/mol. The standard InChI is InChI=1S/C15H18N4O3S3/c1-23-15-18-17-14(24-15)16-13(20)11-5-7-12(8-6-11)25(21,22)19-9-3-2-4-10-19/h5-8H,2-4,9-10H2,1H3,(H,16,17,20). The van der Waals surface area contributed by atoms with Gasteiger partial charge in [-0.2, -0.15) is 4.31 Å². The van der Waals surface area contributed by atoms with Crippen LogP contribution in [0.5, 0.6) is 0 Å². The van der Waals surface area contributed by atoms with Crippen molar-refractivity contribution < 1.29 is 13.2 Å². The third kappa shape index (κ3) is 4.20. The number of rotatable bonds is 5. The summed E-state index contributed by atoms with van der Waals surface area (Å²) in [6.45, 7) is 1.11. The molecule has 0 unspecified atom stereocenters. The Morgan fingerprint density at radius 2 is 1.84 bits per heavy atom. The zero-order valence-corrected chi connectivity index (χ0v) is 16.1. The van der Waals surface area contributed by atoms with Crippen molar-refractivity contribution in [2.24, 2.45) is 0 Å². The first-order valence-corrected chi connectivity index (χ1v) is 11.3. The first kappa shape index (κ1) is 18.3. The number of nitrogens with one attached hydrogen (secondary N) is 1. The van der Waals surface area contributed by atoms with Gasteiger partial charge in [0.1, 0.15) is 0 Å². The van der Waals surface area contributed by atoms with E-state index in [1.165, 1.54) is 51.7 Å². The lowest BCUT2D eigenvalue weighted by atomic mass is 10.2. The number of amides is 1. The van der Waals surface area contributed by atoms with Gasteiger partial charge < -0.3 is 0 Å². The van der Waals surface area contributed by atoms with Gasteiger partial charge in [-0.1, -0.05) is 29.5 Å². The van der Waals surface area contributed by atoms with Crippen molar-refractivity contribution in [1.82, 2.24) is 14.5 Å². The SMILES string of the molecule is CSc1nnc(NC(=O)c2ccc(S(=O)(=O)N3CCCCC3)cc2)s1. The zero-order valence-electron chi connectivity index (χ0n) is 13.6. The highest BCUT2D eigenvalue weighted by Gasteiger charge is 2.26. The molecule has 1 aromatic carbocycles. The molecule has 1 amide bonds. The molecule has 3 rings (SSSR count). The van der Waals surface area contributed by atoms with Gasteiger partial charge in [-0.3, -0.25) is 10.1 Å². The van der Waals surface area contributed by atoms with E-state index >= 15 is 0 Å². The summed E-state index contributed by atoms with van der Waals surface area (Å²) in [5.41, 5.74) is 0.374. The van der Waals surface area contributed by atoms with Crippen LogP contribution in [0, 0.1) is 0 Å². The molecule has 0 radical (unpaired) electrons. The van der Waals surface area contributed by atoms with E-state index in [0.29, 0.717) is 23.8 Å². The maximum atomic E-state index is 12.6. The molecule has 1 saturated heterocycles. The number of carbonyl (C=O) groups excluding carboxylic acids is 1. The van der Waals surface area contributed by atoms with E-state index < -0.39 is 10.0 Å².